The van der Waals surface area contributed by atoms with E-state index in [1.165, 1.54) is 24.3 Å². The van der Waals surface area contributed by atoms with Crippen molar-refractivity contribution in [3.63, 3.8) is 0 Å². The number of amides is 1. The average Bonchev–Trinajstić information content (AvgIpc) is 3.06. The van der Waals surface area contributed by atoms with Crippen LogP contribution in [0.5, 0.6) is 17.2 Å². The minimum Gasteiger partial charge on any atom is -0.484 e. The molecule has 2 aromatic carbocycles. The first-order valence-corrected chi connectivity index (χ1v) is 7.14. The Bertz CT molecular complexity index is 760. The second-order valence-electron chi connectivity index (χ2n) is 5.00. The van der Waals surface area contributed by atoms with Gasteiger partial charge < -0.3 is 19.5 Å². The van der Waals surface area contributed by atoms with E-state index in [-0.39, 0.29) is 25.0 Å². The Hall–Kier alpha value is -3.29. The zero-order valence-corrected chi connectivity index (χ0v) is 12.6. The van der Waals surface area contributed by atoms with E-state index in [9.17, 15) is 14.9 Å². The lowest BCUT2D eigenvalue weighted by molar-refractivity contribution is -0.384. The molecule has 0 aliphatic carbocycles. The number of hydrogen-bond donors (Lipinski definition) is 1. The number of nitro benzene ring substituents is 1. The molecule has 1 amide bonds. The normalized spacial score (nSPS) is 11.8. The Balaban J connectivity index is 1.46. The van der Waals surface area contributed by atoms with Gasteiger partial charge in [-0.3, -0.25) is 14.9 Å². The summed E-state index contributed by atoms with van der Waals surface area (Å²) in [5.41, 5.74) is 0.845. The Morgan fingerprint density at radius 1 is 1.17 bits per heavy atom. The van der Waals surface area contributed by atoms with E-state index < -0.39 is 4.92 Å². The lowest BCUT2D eigenvalue weighted by atomic mass is 10.2. The van der Waals surface area contributed by atoms with Crippen molar-refractivity contribution in [2.24, 2.45) is 0 Å². The summed E-state index contributed by atoms with van der Waals surface area (Å²) < 4.78 is 15.8. The summed E-state index contributed by atoms with van der Waals surface area (Å²) in [6, 6.07) is 11.0. The first-order valence-electron chi connectivity index (χ1n) is 7.14. The van der Waals surface area contributed by atoms with Crippen molar-refractivity contribution in [2.75, 3.05) is 13.4 Å². The van der Waals surface area contributed by atoms with E-state index in [1.807, 2.05) is 6.07 Å². The van der Waals surface area contributed by atoms with E-state index in [4.69, 9.17) is 14.2 Å². The van der Waals surface area contributed by atoms with Crippen LogP contribution in [-0.4, -0.2) is 24.2 Å². The lowest BCUT2D eigenvalue weighted by Gasteiger charge is -2.08. The molecule has 0 bridgehead atoms. The van der Waals surface area contributed by atoms with Crippen molar-refractivity contribution in [3.8, 4) is 17.2 Å². The molecule has 8 nitrogen and oxygen atoms in total. The van der Waals surface area contributed by atoms with Crippen molar-refractivity contribution in [2.45, 2.75) is 6.54 Å². The molecule has 1 N–H and O–H groups in total. The zero-order valence-electron chi connectivity index (χ0n) is 12.6. The smallest absolute Gasteiger partial charge is 0.269 e. The molecule has 24 heavy (non-hydrogen) atoms. The number of nitro groups is 1. The molecule has 0 atom stereocenters. The fraction of sp³-hybridized carbons (Fsp3) is 0.188. The maximum Gasteiger partial charge on any atom is 0.269 e. The molecule has 0 radical (unpaired) electrons. The second kappa shape index (κ2) is 6.86. The molecule has 1 aliphatic rings. The van der Waals surface area contributed by atoms with Gasteiger partial charge in [0.1, 0.15) is 5.75 Å². The summed E-state index contributed by atoms with van der Waals surface area (Å²) in [5.74, 6) is 1.43. The van der Waals surface area contributed by atoms with Gasteiger partial charge in [-0.25, -0.2) is 0 Å². The molecule has 0 aromatic heterocycles. The van der Waals surface area contributed by atoms with Gasteiger partial charge in [-0.05, 0) is 29.8 Å². The Labute approximate surface area is 137 Å². The second-order valence-corrected chi connectivity index (χ2v) is 5.00. The first kappa shape index (κ1) is 15.6. The van der Waals surface area contributed by atoms with Gasteiger partial charge in [-0.2, -0.15) is 0 Å². The maximum absolute atomic E-state index is 11.8. The summed E-state index contributed by atoms with van der Waals surface area (Å²) in [7, 11) is 0. The summed E-state index contributed by atoms with van der Waals surface area (Å²) in [6.45, 7) is 0.357. The van der Waals surface area contributed by atoms with Crippen molar-refractivity contribution in [1.82, 2.24) is 5.32 Å². The third-order valence-corrected chi connectivity index (χ3v) is 3.34. The van der Waals surface area contributed by atoms with Gasteiger partial charge in [0.15, 0.2) is 18.1 Å². The molecule has 1 heterocycles. The zero-order chi connectivity index (χ0) is 16.9. The number of nitrogens with one attached hydrogen (secondary N) is 1. The van der Waals surface area contributed by atoms with Crippen molar-refractivity contribution < 1.29 is 23.9 Å². The average molecular weight is 330 g/mol. The molecule has 0 saturated carbocycles. The first-order chi connectivity index (χ1) is 11.6. The third-order valence-electron chi connectivity index (χ3n) is 3.34. The molecule has 0 unspecified atom stereocenters. The standard InChI is InChI=1S/C16H14N2O6/c19-16(9-22-13-4-2-12(3-5-13)18(20)21)17-8-11-1-6-14-15(7-11)24-10-23-14/h1-7H,8-10H2,(H,17,19). The molecule has 0 fully saturated rings. The highest BCUT2D eigenvalue weighted by molar-refractivity contribution is 5.77. The summed E-state index contributed by atoms with van der Waals surface area (Å²) in [6.07, 6.45) is 0. The van der Waals surface area contributed by atoms with Crippen LogP contribution in [0.2, 0.25) is 0 Å². The lowest BCUT2D eigenvalue weighted by Crippen LogP contribution is -2.28. The van der Waals surface area contributed by atoms with Crippen LogP contribution in [0, 0.1) is 10.1 Å². The van der Waals surface area contributed by atoms with Crippen molar-refractivity contribution in [3.05, 3.63) is 58.1 Å². The van der Waals surface area contributed by atoms with Gasteiger partial charge in [-0.15, -0.1) is 0 Å². The van der Waals surface area contributed by atoms with Crippen LogP contribution < -0.4 is 19.5 Å². The van der Waals surface area contributed by atoms with Gasteiger partial charge in [0.2, 0.25) is 6.79 Å². The summed E-state index contributed by atoms with van der Waals surface area (Å²) >= 11 is 0. The molecule has 2 aromatic rings. The summed E-state index contributed by atoms with van der Waals surface area (Å²) in [5, 5.41) is 13.3. The van der Waals surface area contributed by atoms with E-state index in [2.05, 4.69) is 5.32 Å². The van der Waals surface area contributed by atoms with Crippen LogP contribution in [-0.2, 0) is 11.3 Å². The fourth-order valence-electron chi connectivity index (χ4n) is 2.12. The third kappa shape index (κ3) is 3.72. The van der Waals surface area contributed by atoms with E-state index >= 15 is 0 Å². The molecule has 3 rings (SSSR count). The highest BCUT2D eigenvalue weighted by Gasteiger charge is 2.13. The molecule has 124 valence electrons. The fourth-order valence-corrected chi connectivity index (χ4v) is 2.12. The molecule has 8 heteroatoms. The minimum atomic E-state index is -0.498. The quantitative estimate of drug-likeness (QED) is 0.642. The minimum absolute atomic E-state index is 0.0328. The maximum atomic E-state index is 11.8. The van der Waals surface area contributed by atoms with Gasteiger partial charge in [0.05, 0.1) is 4.92 Å². The predicted octanol–water partition coefficient (Wildman–Crippen LogP) is 2.02. The predicted molar refractivity (Wildman–Crippen MR) is 83.0 cm³/mol. The SMILES string of the molecule is O=C(COc1ccc([N+](=O)[O-])cc1)NCc1ccc2c(c1)OCO2. The molecular formula is C16H14N2O6. The number of hydrogen-bond acceptors (Lipinski definition) is 6. The number of carbonyl (C=O) groups is 1. The molecule has 0 saturated heterocycles. The van der Waals surface area contributed by atoms with Crippen molar-refractivity contribution in [1.29, 1.82) is 0 Å². The monoisotopic (exact) mass is 330 g/mol. The van der Waals surface area contributed by atoms with Crippen LogP contribution in [0.25, 0.3) is 0 Å². The molecule has 0 spiro atoms. The Morgan fingerprint density at radius 3 is 2.67 bits per heavy atom. The van der Waals surface area contributed by atoms with E-state index in [0.29, 0.717) is 23.8 Å². The van der Waals surface area contributed by atoms with Gasteiger partial charge in [0, 0.05) is 18.7 Å². The molecular weight excluding hydrogens is 316 g/mol. The number of carbonyl (C=O) groups excluding carboxylic acids is 1. The number of fused-ring (bicyclic) bond motifs is 1. The number of ether oxygens (including phenoxy) is 3. The van der Waals surface area contributed by atoms with Gasteiger partial charge >= 0.3 is 0 Å². The van der Waals surface area contributed by atoms with Crippen LogP contribution in [0.15, 0.2) is 42.5 Å². The number of nitrogens with zero attached hydrogens (tertiary/aromatic N) is 1. The Kier molecular flexibility index (Phi) is 4.46. The Morgan fingerprint density at radius 2 is 1.92 bits per heavy atom. The van der Waals surface area contributed by atoms with Crippen LogP contribution in [0.1, 0.15) is 5.56 Å². The summed E-state index contributed by atoms with van der Waals surface area (Å²) in [4.78, 5) is 21.9. The van der Waals surface area contributed by atoms with Gasteiger partial charge in [0.25, 0.3) is 11.6 Å². The van der Waals surface area contributed by atoms with Gasteiger partial charge in [-0.1, -0.05) is 6.07 Å². The van der Waals surface area contributed by atoms with E-state index in [0.717, 1.165) is 5.56 Å². The van der Waals surface area contributed by atoms with Crippen molar-refractivity contribution >= 4 is 11.6 Å². The van der Waals surface area contributed by atoms with Crippen LogP contribution >= 0.6 is 0 Å². The topological polar surface area (TPSA) is 99.9 Å². The largest absolute Gasteiger partial charge is 0.484 e. The van der Waals surface area contributed by atoms with E-state index in [1.54, 1.807) is 12.1 Å². The highest BCUT2D eigenvalue weighted by Crippen LogP contribution is 2.32. The highest BCUT2D eigenvalue weighted by atomic mass is 16.7. The number of benzene rings is 2. The molecule has 1 aliphatic heterocycles. The van der Waals surface area contributed by atoms with Crippen LogP contribution in [0.3, 0.4) is 0 Å². The number of non-ortho nitro benzene ring substituents is 1. The number of rotatable bonds is 6. The van der Waals surface area contributed by atoms with Crippen LogP contribution in [0.4, 0.5) is 5.69 Å².